The molecule has 0 aliphatic rings. The number of rotatable bonds is 7. The molecule has 0 bridgehead atoms. The molecule has 0 saturated heterocycles. The van der Waals surface area contributed by atoms with E-state index in [1.54, 1.807) is 0 Å². The Kier molecular flexibility index (Phi) is 6.78. The predicted octanol–water partition coefficient (Wildman–Crippen LogP) is 3.27. The maximum absolute atomic E-state index is 3.46. The van der Waals surface area contributed by atoms with E-state index in [-0.39, 0.29) is 0 Å². The molecular formula is C14H23BrN2. The molecule has 0 fully saturated rings. The zero-order valence-electron chi connectivity index (χ0n) is 11.0. The van der Waals surface area contributed by atoms with Crippen molar-refractivity contribution in [2.45, 2.75) is 32.9 Å². The van der Waals surface area contributed by atoms with Gasteiger partial charge in [-0.25, -0.2) is 0 Å². The number of hydrogen-bond donors (Lipinski definition) is 1. The van der Waals surface area contributed by atoms with Crippen molar-refractivity contribution in [1.82, 2.24) is 10.2 Å². The fourth-order valence-corrected chi connectivity index (χ4v) is 2.01. The van der Waals surface area contributed by atoms with Crippen LogP contribution in [0.25, 0.3) is 0 Å². The molecule has 0 aliphatic heterocycles. The third-order valence-corrected chi connectivity index (χ3v) is 3.62. The molecule has 0 heterocycles. The first-order valence-electron chi connectivity index (χ1n) is 6.29. The smallest absolute Gasteiger partial charge is 0.0233 e. The summed E-state index contributed by atoms with van der Waals surface area (Å²) in [6, 6.07) is 9.17. The third-order valence-electron chi connectivity index (χ3n) is 3.09. The highest BCUT2D eigenvalue weighted by Gasteiger charge is 2.08. The molecule has 1 aromatic carbocycles. The van der Waals surface area contributed by atoms with E-state index in [0.717, 1.165) is 24.1 Å². The van der Waals surface area contributed by atoms with E-state index in [9.17, 15) is 0 Å². The SMILES string of the molecule is CCNCCC(C)N(C)Cc1ccc(Br)cc1. The summed E-state index contributed by atoms with van der Waals surface area (Å²) < 4.78 is 1.14. The molecule has 1 atom stereocenters. The van der Waals surface area contributed by atoms with Crippen molar-refractivity contribution >= 4 is 15.9 Å². The minimum absolute atomic E-state index is 0.609. The van der Waals surface area contributed by atoms with Crippen LogP contribution in [0.15, 0.2) is 28.7 Å². The molecule has 3 heteroatoms. The Bertz CT molecular complexity index is 311. The van der Waals surface area contributed by atoms with Gasteiger partial charge in [-0.2, -0.15) is 0 Å². The maximum Gasteiger partial charge on any atom is 0.0233 e. The summed E-state index contributed by atoms with van der Waals surface area (Å²) in [6.07, 6.45) is 1.20. The van der Waals surface area contributed by atoms with Crippen LogP contribution in [0.1, 0.15) is 25.8 Å². The molecule has 0 saturated carbocycles. The van der Waals surface area contributed by atoms with Crippen LogP contribution in [0.3, 0.4) is 0 Å². The van der Waals surface area contributed by atoms with Gasteiger partial charge in [-0.15, -0.1) is 0 Å². The van der Waals surface area contributed by atoms with E-state index in [4.69, 9.17) is 0 Å². The Morgan fingerprint density at radius 1 is 1.29 bits per heavy atom. The molecule has 0 aliphatic carbocycles. The lowest BCUT2D eigenvalue weighted by molar-refractivity contribution is 0.237. The van der Waals surface area contributed by atoms with Gasteiger partial charge < -0.3 is 5.32 Å². The molecule has 17 heavy (non-hydrogen) atoms. The number of nitrogens with one attached hydrogen (secondary N) is 1. The van der Waals surface area contributed by atoms with Crippen LogP contribution in [0.4, 0.5) is 0 Å². The van der Waals surface area contributed by atoms with Crippen LogP contribution >= 0.6 is 15.9 Å². The fourth-order valence-electron chi connectivity index (χ4n) is 1.74. The van der Waals surface area contributed by atoms with Crippen LogP contribution in [-0.4, -0.2) is 31.1 Å². The van der Waals surface area contributed by atoms with Crippen molar-refractivity contribution in [1.29, 1.82) is 0 Å². The molecule has 0 aromatic heterocycles. The van der Waals surface area contributed by atoms with Crippen molar-refractivity contribution in [3.8, 4) is 0 Å². The lowest BCUT2D eigenvalue weighted by Crippen LogP contribution is -2.31. The molecular weight excluding hydrogens is 276 g/mol. The molecule has 1 aromatic rings. The average Bonchev–Trinajstić information content (AvgIpc) is 2.32. The Morgan fingerprint density at radius 2 is 1.94 bits per heavy atom. The van der Waals surface area contributed by atoms with Gasteiger partial charge in [-0.3, -0.25) is 4.90 Å². The molecule has 0 amide bonds. The average molecular weight is 299 g/mol. The zero-order chi connectivity index (χ0) is 12.7. The number of nitrogens with zero attached hydrogens (tertiary/aromatic N) is 1. The first-order chi connectivity index (χ1) is 8.13. The number of hydrogen-bond acceptors (Lipinski definition) is 2. The zero-order valence-corrected chi connectivity index (χ0v) is 12.6. The molecule has 1 unspecified atom stereocenters. The number of halogens is 1. The lowest BCUT2D eigenvalue weighted by Gasteiger charge is -2.24. The Morgan fingerprint density at radius 3 is 2.53 bits per heavy atom. The van der Waals surface area contributed by atoms with Crippen LogP contribution in [0.2, 0.25) is 0 Å². The van der Waals surface area contributed by atoms with Crippen LogP contribution < -0.4 is 5.32 Å². The summed E-state index contributed by atoms with van der Waals surface area (Å²) in [6.45, 7) is 7.61. The highest BCUT2D eigenvalue weighted by Crippen LogP contribution is 2.13. The van der Waals surface area contributed by atoms with Gasteiger partial charge in [-0.1, -0.05) is 35.0 Å². The summed E-state index contributed by atoms with van der Waals surface area (Å²) in [4.78, 5) is 2.40. The quantitative estimate of drug-likeness (QED) is 0.777. The maximum atomic E-state index is 3.46. The van der Waals surface area contributed by atoms with Crippen molar-refractivity contribution < 1.29 is 0 Å². The summed E-state index contributed by atoms with van der Waals surface area (Å²) >= 11 is 3.46. The van der Waals surface area contributed by atoms with Crippen LogP contribution in [0, 0.1) is 0 Å². The monoisotopic (exact) mass is 298 g/mol. The molecule has 1 rings (SSSR count). The van der Waals surface area contributed by atoms with E-state index in [1.807, 2.05) is 0 Å². The van der Waals surface area contributed by atoms with Crippen molar-refractivity contribution in [2.24, 2.45) is 0 Å². The molecule has 2 nitrogen and oxygen atoms in total. The Labute approximate surface area is 114 Å². The summed E-state index contributed by atoms with van der Waals surface area (Å²) in [5, 5.41) is 3.37. The normalized spacial score (nSPS) is 13.0. The van der Waals surface area contributed by atoms with E-state index >= 15 is 0 Å². The van der Waals surface area contributed by atoms with Gasteiger partial charge in [0.1, 0.15) is 0 Å². The second-order valence-corrected chi connectivity index (χ2v) is 5.45. The van der Waals surface area contributed by atoms with Crippen molar-refractivity contribution in [2.75, 3.05) is 20.1 Å². The second kappa shape index (κ2) is 7.85. The van der Waals surface area contributed by atoms with E-state index in [2.05, 4.69) is 71.3 Å². The summed E-state index contributed by atoms with van der Waals surface area (Å²) in [5.74, 6) is 0. The van der Waals surface area contributed by atoms with Gasteiger partial charge in [-0.05, 0) is 51.2 Å². The largest absolute Gasteiger partial charge is 0.317 e. The van der Waals surface area contributed by atoms with Gasteiger partial charge in [0.05, 0.1) is 0 Å². The standard InChI is InChI=1S/C14H23BrN2/c1-4-16-10-9-12(2)17(3)11-13-5-7-14(15)8-6-13/h5-8,12,16H,4,9-11H2,1-3H3. The summed E-state index contributed by atoms with van der Waals surface area (Å²) in [7, 11) is 2.19. The lowest BCUT2D eigenvalue weighted by atomic mass is 10.1. The van der Waals surface area contributed by atoms with E-state index in [0.29, 0.717) is 6.04 Å². The van der Waals surface area contributed by atoms with Gasteiger partial charge in [0.15, 0.2) is 0 Å². The van der Waals surface area contributed by atoms with Gasteiger partial charge in [0, 0.05) is 17.1 Å². The van der Waals surface area contributed by atoms with Crippen molar-refractivity contribution in [3.05, 3.63) is 34.3 Å². The van der Waals surface area contributed by atoms with Crippen molar-refractivity contribution in [3.63, 3.8) is 0 Å². The van der Waals surface area contributed by atoms with Crippen LogP contribution in [0.5, 0.6) is 0 Å². The van der Waals surface area contributed by atoms with Crippen LogP contribution in [-0.2, 0) is 6.54 Å². The minimum atomic E-state index is 0.609. The third kappa shape index (κ3) is 5.66. The van der Waals surface area contributed by atoms with Gasteiger partial charge in [0.2, 0.25) is 0 Å². The summed E-state index contributed by atoms with van der Waals surface area (Å²) in [5.41, 5.74) is 1.37. The van der Waals surface area contributed by atoms with Gasteiger partial charge >= 0.3 is 0 Å². The van der Waals surface area contributed by atoms with E-state index < -0.39 is 0 Å². The highest BCUT2D eigenvalue weighted by molar-refractivity contribution is 9.10. The Hall–Kier alpha value is -0.380. The predicted molar refractivity (Wildman–Crippen MR) is 78.2 cm³/mol. The second-order valence-electron chi connectivity index (χ2n) is 4.53. The molecule has 0 spiro atoms. The molecule has 1 N–H and O–H groups in total. The fraction of sp³-hybridized carbons (Fsp3) is 0.571. The van der Waals surface area contributed by atoms with E-state index in [1.165, 1.54) is 12.0 Å². The number of benzene rings is 1. The first kappa shape index (κ1) is 14.7. The van der Waals surface area contributed by atoms with Gasteiger partial charge in [0.25, 0.3) is 0 Å². The minimum Gasteiger partial charge on any atom is -0.317 e. The molecule has 0 radical (unpaired) electrons. The molecule has 96 valence electrons. The first-order valence-corrected chi connectivity index (χ1v) is 7.08. The topological polar surface area (TPSA) is 15.3 Å². The highest BCUT2D eigenvalue weighted by atomic mass is 79.9. The Balaban J connectivity index is 2.37.